The number of sulfonamides is 2. The number of fused-ring (bicyclic) bond motifs is 12. The summed E-state index contributed by atoms with van der Waals surface area (Å²) in [6, 6.07) is 15.5. The summed E-state index contributed by atoms with van der Waals surface area (Å²) in [5.41, 5.74) is 0.896. The number of carbonyl (C=O) groups excluding carboxylic acids is 3. The Balaban J connectivity index is 0.000000217. The number of nitrogens with one attached hydrogen (secondary N) is 4. The first kappa shape index (κ1) is 56.0. The zero-order valence-corrected chi connectivity index (χ0v) is 45.9. The maximum absolute atomic E-state index is 13.5. The van der Waals surface area contributed by atoms with Crippen molar-refractivity contribution in [1.82, 2.24) is 29.4 Å². The van der Waals surface area contributed by atoms with Crippen LogP contribution in [0.3, 0.4) is 0 Å². The summed E-state index contributed by atoms with van der Waals surface area (Å²) in [5, 5.41) is 25.5. The molecule has 74 heavy (non-hydrogen) atoms. The number of aliphatic hydroxyl groups is 2. The minimum absolute atomic E-state index is 0.178. The fourth-order valence-corrected chi connectivity index (χ4v) is 12.3. The van der Waals surface area contributed by atoms with Crippen LogP contribution in [0.1, 0.15) is 153 Å². The second-order valence-corrected chi connectivity index (χ2v) is 26.8. The number of aldehydes is 1. The van der Waals surface area contributed by atoms with Gasteiger partial charge in [0.05, 0.1) is 23.8 Å². The van der Waals surface area contributed by atoms with Gasteiger partial charge in [0.2, 0.25) is 0 Å². The summed E-state index contributed by atoms with van der Waals surface area (Å²) in [6.45, 7) is 21.7. The molecule has 4 aromatic rings. The number of hydrogen-bond acceptors (Lipinski definition) is 17. The standard InChI is InChI=1S/C27H39N5O5S.C26H35N5O4S/c1-26(2,3)21-12-11-20-24(29-21)32-15-17(14-27(32,4)5)9-10-18(13-19(34)16-33)28-22-7-6-8-23(30-22)38(36,37)31-25(20)35;1-25(2,3)20-12-11-19-23(28-20)31-16-17(15-26(31,4)5)9-10-18(13-14-32)27-21-7-6-8-22(29-21)36(34,35)30-24(19)33/h6-8,11-12,17-19,33-34H,9-10,13-16H2,1-5H3,(H,28,30)(H,31,35);6-8,11-12,14,17-18H,9-10,13,15-16H2,1-5H3,(H,27,29)(H,30,33)/t17-,18?,19?;17-,18?/m00/s1. The van der Waals surface area contributed by atoms with Gasteiger partial charge in [0.25, 0.3) is 31.9 Å². The van der Waals surface area contributed by atoms with Crippen LogP contribution < -0.4 is 29.9 Å². The highest BCUT2D eigenvalue weighted by Gasteiger charge is 2.43. The van der Waals surface area contributed by atoms with Crippen LogP contribution in [0.4, 0.5) is 23.3 Å². The van der Waals surface area contributed by atoms with E-state index >= 15 is 0 Å². The third kappa shape index (κ3) is 13.0. The van der Waals surface area contributed by atoms with Crippen LogP contribution in [0, 0.1) is 11.8 Å². The second kappa shape index (κ2) is 21.5. The third-order valence-electron chi connectivity index (χ3n) is 14.4. The highest BCUT2D eigenvalue weighted by molar-refractivity contribution is 7.90. The number of rotatable bonds is 5. The predicted octanol–water partition coefficient (Wildman–Crippen LogP) is 6.48. The largest absolute Gasteiger partial charge is 0.394 e. The van der Waals surface area contributed by atoms with Crippen LogP contribution in [-0.2, 0) is 35.7 Å². The van der Waals surface area contributed by atoms with Crippen molar-refractivity contribution in [3.8, 4) is 0 Å². The molecule has 0 aromatic carbocycles. The van der Waals surface area contributed by atoms with Gasteiger partial charge in [-0.05, 0) is 133 Å². The molecule has 2 fully saturated rings. The summed E-state index contributed by atoms with van der Waals surface area (Å²) in [6.07, 6.45) is 5.37. The predicted molar refractivity (Wildman–Crippen MR) is 284 cm³/mol. The van der Waals surface area contributed by atoms with Crippen molar-refractivity contribution in [3.63, 3.8) is 0 Å². The first-order chi connectivity index (χ1) is 34.5. The van der Waals surface area contributed by atoms with Crippen molar-refractivity contribution in [2.75, 3.05) is 40.1 Å². The van der Waals surface area contributed by atoms with Crippen LogP contribution >= 0.6 is 0 Å². The van der Waals surface area contributed by atoms with Gasteiger partial charge >= 0.3 is 0 Å². The lowest BCUT2D eigenvalue weighted by Gasteiger charge is -2.34. The average molecular weight is 1060 g/mol. The Bertz CT molecular complexity index is 2960. The number of pyridine rings is 4. The van der Waals surface area contributed by atoms with E-state index < -0.39 is 38.0 Å². The summed E-state index contributed by atoms with van der Waals surface area (Å²) in [4.78, 5) is 60.8. The zero-order chi connectivity index (χ0) is 54.2. The molecule has 4 aromatic heterocycles. The monoisotopic (exact) mass is 1060 g/mol. The number of anilines is 4. The van der Waals surface area contributed by atoms with Crippen molar-refractivity contribution in [2.45, 2.75) is 171 Å². The van der Waals surface area contributed by atoms with Gasteiger partial charge in [-0.25, -0.2) is 29.4 Å². The Hall–Kier alpha value is -5.77. The van der Waals surface area contributed by atoms with Crippen LogP contribution in [-0.4, -0.2) is 114 Å². The second-order valence-electron chi connectivity index (χ2n) is 23.5. The third-order valence-corrected chi connectivity index (χ3v) is 16.8. The molecule has 3 unspecified atom stereocenters. The number of carbonyl (C=O) groups is 3. The van der Waals surface area contributed by atoms with Gasteiger partial charge in [0.1, 0.15) is 29.6 Å². The topological polar surface area (TPSA) is 266 Å². The summed E-state index contributed by atoms with van der Waals surface area (Å²) in [5.74, 6) is 0.719. The zero-order valence-electron chi connectivity index (χ0n) is 44.3. The molecule has 21 heteroatoms. The van der Waals surface area contributed by atoms with Crippen LogP contribution in [0.5, 0.6) is 0 Å². The lowest BCUT2D eigenvalue weighted by molar-refractivity contribution is -0.108. The summed E-state index contributed by atoms with van der Waals surface area (Å²) >= 11 is 0. The van der Waals surface area contributed by atoms with Gasteiger partial charge < -0.3 is 35.4 Å². The average Bonchev–Trinajstić information content (AvgIpc) is 3.80. The minimum Gasteiger partial charge on any atom is -0.394 e. The molecule has 2 saturated heterocycles. The molecule has 402 valence electrons. The van der Waals surface area contributed by atoms with Crippen molar-refractivity contribution in [1.29, 1.82) is 0 Å². The van der Waals surface area contributed by atoms with Gasteiger partial charge in [-0.2, -0.15) is 16.8 Å². The van der Waals surface area contributed by atoms with Crippen molar-refractivity contribution in [3.05, 3.63) is 83.2 Å². The molecular formula is C53H74N10O9S2. The number of hydrogen-bond donors (Lipinski definition) is 6. The van der Waals surface area contributed by atoms with Gasteiger partial charge in [0.15, 0.2) is 10.1 Å². The van der Waals surface area contributed by atoms with Crippen LogP contribution in [0.2, 0.25) is 0 Å². The van der Waals surface area contributed by atoms with Gasteiger partial charge in [0, 0.05) is 64.9 Å². The Morgan fingerprint density at radius 1 is 0.649 bits per heavy atom. The van der Waals surface area contributed by atoms with E-state index in [2.05, 4.69) is 88.3 Å². The lowest BCUT2D eigenvalue weighted by Crippen LogP contribution is -2.41. The molecule has 19 nitrogen and oxygen atoms in total. The number of aliphatic hydroxyl groups excluding tert-OH is 2. The number of aromatic nitrogens is 4. The molecule has 0 radical (unpaired) electrons. The van der Waals surface area contributed by atoms with Gasteiger partial charge in [-0.15, -0.1) is 0 Å². The summed E-state index contributed by atoms with van der Waals surface area (Å²) < 4.78 is 57.1. The molecule has 4 aliphatic rings. The molecule has 0 aliphatic carbocycles. The molecular weight excluding hydrogens is 985 g/mol. The Kier molecular flexibility index (Phi) is 16.2. The molecule has 8 bridgehead atoms. The molecule has 2 amide bonds. The van der Waals surface area contributed by atoms with E-state index in [-0.39, 0.29) is 80.5 Å². The fourth-order valence-electron chi connectivity index (χ4n) is 10.5. The SMILES string of the molecule is CC(C)(C)c1ccc2c(n1)N1C[C@@H](CCC(CC(O)CO)Nc3cccc(n3)S(=O)(=O)NC2=O)CC1(C)C.CC(C)(C)c1ccc2c(n1)N1C[C@@H](CCC(CC=O)Nc3cccc(n3)S(=O)(=O)NC2=O)CC1(C)C. The maximum Gasteiger partial charge on any atom is 0.281 e. The van der Waals surface area contributed by atoms with Crippen molar-refractivity contribution >= 4 is 61.4 Å². The number of amides is 2. The minimum atomic E-state index is -4.28. The smallest absolute Gasteiger partial charge is 0.281 e. The lowest BCUT2D eigenvalue weighted by atomic mass is 9.90. The van der Waals surface area contributed by atoms with Crippen LogP contribution in [0.25, 0.3) is 0 Å². The normalized spacial score (nSPS) is 23.7. The fraction of sp³-hybridized carbons (Fsp3) is 0.566. The van der Waals surface area contributed by atoms with E-state index in [1.165, 1.54) is 12.1 Å². The highest BCUT2D eigenvalue weighted by Crippen LogP contribution is 2.42. The van der Waals surface area contributed by atoms with E-state index in [0.29, 0.717) is 48.7 Å². The Morgan fingerprint density at radius 3 is 1.47 bits per heavy atom. The Labute approximate surface area is 436 Å². The van der Waals surface area contributed by atoms with E-state index in [1.807, 2.05) is 20.8 Å². The molecule has 0 saturated carbocycles. The van der Waals surface area contributed by atoms with E-state index in [0.717, 1.165) is 49.8 Å². The molecule has 6 N–H and O–H groups in total. The maximum atomic E-state index is 13.5. The first-order valence-corrected chi connectivity index (χ1v) is 28.4. The van der Waals surface area contributed by atoms with Gasteiger partial charge in [-0.1, -0.05) is 53.7 Å². The van der Waals surface area contributed by atoms with Crippen molar-refractivity contribution < 1.29 is 41.4 Å². The van der Waals surface area contributed by atoms with E-state index in [9.17, 15) is 41.4 Å². The highest BCUT2D eigenvalue weighted by atomic mass is 32.2. The summed E-state index contributed by atoms with van der Waals surface area (Å²) in [7, 11) is -8.53. The molecule has 4 aliphatic heterocycles. The first-order valence-electron chi connectivity index (χ1n) is 25.4. The number of nitrogens with zero attached hydrogens (tertiary/aromatic N) is 6. The molecule has 5 atom stereocenters. The van der Waals surface area contributed by atoms with Crippen LogP contribution in [0.15, 0.2) is 70.7 Å². The van der Waals surface area contributed by atoms with Crippen molar-refractivity contribution in [2.24, 2.45) is 11.8 Å². The van der Waals surface area contributed by atoms with E-state index in [1.54, 1.807) is 48.5 Å². The Morgan fingerprint density at radius 2 is 1.07 bits per heavy atom. The quantitative estimate of drug-likeness (QED) is 0.117. The van der Waals surface area contributed by atoms with E-state index in [4.69, 9.17) is 9.97 Å². The molecule has 0 spiro atoms. The van der Waals surface area contributed by atoms with Gasteiger partial charge in [-0.3, -0.25) is 9.59 Å². The molecule has 8 heterocycles. The molecule has 8 rings (SSSR count).